The topological polar surface area (TPSA) is 92.7 Å². The zero-order valence-corrected chi connectivity index (χ0v) is 12.7. The summed E-state index contributed by atoms with van der Waals surface area (Å²) in [5.41, 5.74) is 2.95. The number of nitrogens with one attached hydrogen (secondary N) is 1. The summed E-state index contributed by atoms with van der Waals surface area (Å²) < 4.78 is 28.9. The molecule has 3 rings (SSSR count). The van der Waals surface area contributed by atoms with Gasteiger partial charge in [-0.25, -0.2) is 19.2 Å². The molecule has 1 aliphatic rings. The van der Waals surface area contributed by atoms with E-state index >= 15 is 0 Å². The van der Waals surface area contributed by atoms with Gasteiger partial charge in [-0.15, -0.1) is 0 Å². The van der Waals surface area contributed by atoms with Crippen LogP contribution in [0, 0.1) is 5.92 Å². The number of anilines is 1. The number of nitrogens with two attached hydrogens (primary N) is 1. The third-order valence-corrected chi connectivity index (χ3v) is 5.92. The monoisotopic (exact) mass is 309 g/mol. The van der Waals surface area contributed by atoms with E-state index in [0.29, 0.717) is 24.7 Å². The van der Waals surface area contributed by atoms with Gasteiger partial charge in [-0.2, -0.15) is 4.31 Å². The van der Waals surface area contributed by atoms with E-state index in [9.17, 15) is 8.42 Å². The number of nitrogen functional groups attached to an aromatic ring is 1. The molecule has 0 aromatic carbocycles. The lowest BCUT2D eigenvalue weighted by atomic mass is 10.1. The highest BCUT2D eigenvalue weighted by Crippen LogP contribution is 2.30. The summed E-state index contributed by atoms with van der Waals surface area (Å²) >= 11 is 0. The molecule has 3 N–H and O–H groups in total. The summed E-state index contributed by atoms with van der Waals surface area (Å²) in [6.45, 7) is 3.19. The highest BCUT2D eigenvalue weighted by Gasteiger charge is 2.35. The summed E-state index contributed by atoms with van der Waals surface area (Å²) in [7, 11) is -3.62. The minimum Gasteiger partial charge on any atom is -0.306 e. The molecular weight excluding hydrogens is 290 g/mol. The third-order valence-electron chi connectivity index (χ3n) is 4.03. The van der Waals surface area contributed by atoms with Crippen molar-refractivity contribution in [3.05, 3.63) is 24.4 Å². The van der Waals surface area contributed by atoms with Gasteiger partial charge in [0.15, 0.2) is 5.82 Å². The number of fused-ring (bicyclic) bond motifs is 1. The van der Waals surface area contributed by atoms with Crippen molar-refractivity contribution >= 4 is 21.5 Å². The Balaban J connectivity index is 2.10. The first-order valence-corrected chi connectivity index (χ1v) is 8.45. The Bertz CT molecular complexity index is 755. The standard InChI is InChI=1S/C13H19N5O2S/c1-2-10-6-8-17(9-10)21(19,20)13-12(16-14)15-11-5-3-4-7-18(11)13/h3-5,7,10,16H,2,6,8-9,14H2,1H3. The predicted molar refractivity (Wildman–Crippen MR) is 80.2 cm³/mol. The Kier molecular flexibility index (Phi) is 3.60. The summed E-state index contributed by atoms with van der Waals surface area (Å²) in [6, 6.07) is 5.33. The van der Waals surface area contributed by atoms with Crippen LogP contribution in [0.4, 0.5) is 5.82 Å². The Labute approximate surface area is 123 Å². The van der Waals surface area contributed by atoms with Gasteiger partial charge in [0.25, 0.3) is 10.0 Å². The Morgan fingerprint density at radius 2 is 2.29 bits per heavy atom. The van der Waals surface area contributed by atoms with Crippen molar-refractivity contribution < 1.29 is 8.42 Å². The average molecular weight is 309 g/mol. The third kappa shape index (κ3) is 2.29. The lowest BCUT2D eigenvalue weighted by molar-refractivity contribution is 0.450. The Hall–Kier alpha value is -1.64. The highest BCUT2D eigenvalue weighted by atomic mass is 32.2. The van der Waals surface area contributed by atoms with E-state index < -0.39 is 10.0 Å². The molecule has 2 aromatic rings. The first kappa shape index (κ1) is 14.3. The lowest BCUT2D eigenvalue weighted by Gasteiger charge is -2.16. The van der Waals surface area contributed by atoms with Crippen LogP contribution in [0.25, 0.3) is 5.65 Å². The van der Waals surface area contributed by atoms with E-state index in [2.05, 4.69) is 17.3 Å². The number of rotatable bonds is 4. The summed E-state index contributed by atoms with van der Waals surface area (Å²) in [5.74, 6) is 6.06. The van der Waals surface area contributed by atoms with Crippen molar-refractivity contribution in [2.75, 3.05) is 18.5 Å². The van der Waals surface area contributed by atoms with Crippen LogP contribution in [-0.2, 0) is 10.0 Å². The second-order valence-corrected chi connectivity index (χ2v) is 7.12. The smallest absolute Gasteiger partial charge is 0.262 e. The number of hydrogen-bond donors (Lipinski definition) is 2. The average Bonchev–Trinajstić information content (AvgIpc) is 3.11. The number of imidazole rings is 1. The van der Waals surface area contributed by atoms with Crippen molar-refractivity contribution in [3.8, 4) is 0 Å². The van der Waals surface area contributed by atoms with Gasteiger partial charge in [-0.1, -0.05) is 19.4 Å². The maximum absolute atomic E-state index is 12.9. The Morgan fingerprint density at radius 1 is 1.48 bits per heavy atom. The molecule has 3 heterocycles. The van der Waals surface area contributed by atoms with Crippen LogP contribution in [0.5, 0.6) is 0 Å². The number of nitrogens with zero attached hydrogens (tertiary/aromatic N) is 3. The van der Waals surface area contributed by atoms with Gasteiger partial charge >= 0.3 is 0 Å². The fourth-order valence-corrected chi connectivity index (χ4v) is 4.53. The van der Waals surface area contributed by atoms with Crippen molar-refractivity contribution in [3.63, 3.8) is 0 Å². The number of hydrogen-bond acceptors (Lipinski definition) is 5. The molecule has 0 bridgehead atoms. The number of pyridine rings is 1. The van der Waals surface area contributed by atoms with Gasteiger partial charge in [0.1, 0.15) is 5.65 Å². The second kappa shape index (κ2) is 5.28. The fraction of sp³-hybridized carbons (Fsp3) is 0.462. The van der Waals surface area contributed by atoms with Crippen molar-refractivity contribution in [2.24, 2.45) is 11.8 Å². The zero-order valence-electron chi connectivity index (χ0n) is 11.9. The molecule has 21 heavy (non-hydrogen) atoms. The van der Waals surface area contributed by atoms with Crippen LogP contribution in [-0.4, -0.2) is 35.2 Å². The minimum atomic E-state index is -3.62. The van der Waals surface area contributed by atoms with E-state index in [1.165, 1.54) is 4.31 Å². The summed E-state index contributed by atoms with van der Waals surface area (Å²) in [5, 5.41) is 0.109. The molecule has 1 aliphatic heterocycles. The molecule has 1 saturated heterocycles. The quantitative estimate of drug-likeness (QED) is 0.650. The fourth-order valence-electron chi connectivity index (χ4n) is 2.78. The largest absolute Gasteiger partial charge is 0.306 e. The van der Waals surface area contributed by atoms with Crippen LogP contribution in [0.15, 0.2) is 29.4 Å². The van der Waals surface area contributed by atoms with E-state index in [1.54, 1.807) is 22.7 Å². The highest BCUT2D eigenvalue weighted by molar-refractivity contribution is 7.89. The van der Waals surface area contributed by atoms with Gasteiger partial charge in [0.05, 0.1) is 0 Å². The molecule has 0 radical (unpaired) electrons. The summed E-state index contributed by atoms with van der Waals surface area (Å²) in [6.07, 6.45) is 3.57. The molecule has 0 saturated carbocycles. The van der Waals surface area contributed by atoms with Gasteiger partial charge < -0.3 is 5.43 Å². The molecule has 1 fully saturated rings. The molecule has 7 nitrogen and oxygen atoms in total. The first-order chi connectivity index (χ1) is 10.1. The predicted octanol–water partition coefficient (Wildman–Crippen LogP) is 1.04. The molecule has 0 aliphatic carbocycles. The van der Waals surface area contributed by atoms with Gasteiger partial charge in [-0.05, 0) is 24.5 Å². The number of hydrazine groups is 1. The Morgan fingerprint density at radius 3 is 2.95 bits per heavy atom. The first-order valence-electron chi connectivity index (χ1n) is 7.01. The molecule has 2 aromatic heterocycles. The maximum Gasteiger partial charge on any atom is 0.262 e. The normalized spacial score (nSPS) is 20.2. The molecule has 0 spiro atoms. The van der Waals surface area contributed by atoms with E-state index in [1.807, 2.05) is 6.07 Å². The van der Waals surface area contributed by atoms with Crippen LogP contribution < -0.4 is 11.3 Å². The molecule has 114 valence electrons. The van der Waals surface area contributed by atoms with E-state index in [0.717, 1.165) is 12.8 Å². The van der Waals surface area contributed by atoms with Gasteiger partial charge in [0, 0.05) is 19.3 Å². The van der Waals surface area contributed by atoms with Crippen LogP contribution in [0.2, 0.25) is 0 Å². The number of aromatic nitrogens is 2. The van der Waals surface area contributed by atoms with Crippen LogP contribution in [0.1, 0.15) is 19.8 Å². The van der Waals surface area contributed by atoms with E-state index in [-0.39, 0.29) is 10.8 Å². The van der Waals surface area contributed by atoms with Crippen LogP contribution in [0.3, 0.4) is 0 Å². The zero-order chi connectivity index (χ0) is 15.0. The molecular formula is C13H19N5O2S. The lowest BCUT2D eigenvalue weighted by Crippen LogP contribution is -2.30. The summed E-state index contributed by atoms with van der Waals surface area (Å²) in [4.78, 5) is 4.23. The molecule has 1 atom stereocenters. The van der Waals surface area contributed by atoms with Crippen LogP contribution >= 0.6 is 0 Å². The van der Waals surface area contributed by atoms with E-state index in [4.69, 9.17) is 5.84 Å². The number of sulfonamides is 1. The second-order valence-electron chi connectivity index (χ2n) is 5.26. The van der Waals surface area contributed by atoms with Gasteiger partial charge in [0.2, 0.25) is 5.03 Å². The maximum atomic E-state index is 12.9. The molecule has 1 unspecified atom stereocenters. The van der Waals surface area contributed by atoms with Crippen molar-refractivity contribution in [1.82, 2.24) is 13.7 Å². The van der Waals surface area contributed by atoms with Gasteiger partial charge in [-0.3, -0.25) is 4.40 Å². The van der Waals surface area contributed by atoms with Crippen molar-refractivity contribution in [2.45, 2.75) is 24.8 Å². The molecule has 8 heteroatoms. The van der Waals surface area contributed by atoms with Crippen molar-refractivity contribution in [1.29, 1.82) is 0 Å². The minimum absolute atomic E-state index is 0.109. The SMILES string of the molecule is CCC1CCN(S(=O)(=O)c2c(NN)nc3ccccn23)C1. The molecule has 0 amide bonds.